The first-order valence-electron chi connectivity index (χ1n) is 6.16. The Morgan fingerprint density at radius 3 is 2.85 bits per heavy atom. The van der Waals surface area contributed by atoms with Gasteiger partial charge in [0.15, 0.2) is 0 Å². The Morgan fingerprint density at radius 2 is 2.10 bits per heavy atom. The highest BCUT2D eigenvalue weighted by molar-refractivity contribution is 5.88. The standard InChI is InChI=1S/C15H12FNO3/c16-12-7-9(5-6-10(12)15(18)19)17-13-8-20-14-4-2-1-3-11(13)14/h1-7,13,17H,8H2,(H,18,19). The first-order chi connectivity index (χ1) is 9.65. The van der Waals surface area contributed by atoms with Crippen LogP contribution in [0, 0.1) is 5.82 Å². The molecule has 0 bridgehead atoms. The molecule has 0 amide bonds. The molecule has 102 valence electrons. The van der Waals surface area contributed by atoms with Crippen LogP contribution < -0.4 is 10.1 Å². The summed E-state index contributed by atoms with van der Waals surface area (Å²) in [4.78, 5) is 10.8. The zero-order chi connectivity index (χ0) is 14.1. The van der Waals surface area contributed by atoms with E-state index in [1.54, 1.807) is 6.07 Å². The Labute approximate surface area is 114 Å². The third kappa shape index (κ3) is 2.18. The van der Waals surface area contributed by atoms with Crippen molar-refractivity contribution in [3.05, 3.63) is 59.4 Å². The van der Waals surface area contributed by atoms with Crippen LogP contribution in [0.2, 0.25) is 0 Å². The van der Waals surface area contributed by atoms with E-state index in [1.807, 2.05) is 24.3 Å². The van der Waals surface area contributed by atoms with Crippen LogP contribution in [0.5, 0.6) is 5.75 Å². The van der Waals surface area contributed by atoms with Crippen LogP contribution in [0.4, 0.5) is 10.1 Å². The lowest BCUT2D eigenvalue weighted by molar-refractivity contribution is 0.0692. The fraction of sp³-hybridized carbons (Fsp3) is 0.133. The van der Waals surface area contributed by atoms with Crippen molar-refractivity contribution >= 4 is 11.7 Å². The minimum absolute atomic E-state index is 0.0683. The number of hydrogen-bond donors (Lipinski definition) is 2. The van der Waals surface area contributed by atoms with Gasteiger partial charge in [-0.25, -0.2) is 9.18 Å². The van der Waals surface area contributed by atoms with Gasteiger partial charge in [0.25, 0.3) is 0 Å². The third-order valence-electron chi connectivity index (χ3n) is 3.24. The molecule has 1 aliphatic rings. The van der Waals surface area contributed by atoms with E-state index < -0.39 is 11.8 Å². The summed E-state index contributed by atoms with van der Waals surface area (Å²) in [6.45, 7) is 0.460. The van der Waals surface area contributed by atoms with Gasteiger partial charge in [-0.15, -0.1) is 0 Å². The molecular weight excluding hydrogens is 261 g/mol. The molecular formula is C15H12FNO3. The highest BCUT2D eigenvalue weighted by Crippen LogP contribution is 2.34. The molecule has 1 unspecified atom stereocenters. The van der Waals surface area contributed by atoms with Crippen molar-refractivity contribution in [3.63, 3.8) is 0 Å². The van der Waals surface area contributed by atoms with E-state index in [9.17, 15) is 9.18 Å². The summed E-state index contributed by atoms with van der Waals surface area (Å²) >= 11 is 0. The molecule has 0 fully saturated rings. The second kappa shape index (κ2) is 4.85. The van der Waals surface area contributed by atoms with Gasteiger partial charge in [0, 0.05) is 11.3 Å². The number of aromatic carboxylic acids is 1. The number of ether oxygens (including phenoxy) is 1. The van der Waals surface area contributed by atoms with Crippen molar-refractivity contribution in [1.82, 2.24) is 0 Å². The number of carboxylic acid groups (broad SMARTS) is 1. The summed E-state index contributed by atoms with van der Waals surface area (Å²) in [6, 6.07) is 11.5. The van der Waals surface area contributed by atoms with Crippen LogP contribution in [-0.2, 0) is 0 Å². The molecule has 0 aromatic heterocycles. The second-order valence-electron chi connectivity index (χ2n) is 4.55. The normalized spacial score (nSPS) is 16.4. The summed E-state index contributed by atoms with van der Waals surface area (Å²) in [5.74, 6) is -1.22. The molecule has 4 nitrogen and oxygen atoms in total. The molecule has 0 radical (unpaired) electrons. The van der Waals surface area contributed by atoms with Crippen molar-refractivity contribution in [2.24, 2.45) is 0 Å². The summed E-state index contributed by atoms with van der Waals surface area (Å²) in [5, 5.41) is 11.9. The van der Waals surface area contributed by atoms with Gasteiger partial charge < -0.3 is 15.2 Å². The van der Waals surface area contributed by atoms with Crippen molar-refractivity contribution in [3.8, 4) is 5.75 Å². The second-order valence-corrected chi connectivity index (χ2v) is 4.55. The van der Waals surface area contributed by atoms with Gasteiger partial charge >= 0.3 is 5.97 Å². The third-order valence-corrected chi connectivity index (χ3v) is 3.24. The Morgan fingerprint density at radius 1 is 1.30 bits per heavy atom. The number of fused-ring (bicyclic) bond motifs is 1. The molecule has 0 aliphatic carbocycles. The van der Waals surface area contributed by atoms with E-state index in [4.69, 9.17) is 9.84 Å². The maximum atomic E-state index is 13.6. The van der Waals surface area contributed by atoms with E-state index in [1.165, 1.54) is 12.1 Å². The molecule has 2 aromatic rings. The van der Waals surface area contributed by atoms with Crippen LogP contribution in [0.15, 0.2) is 42.5 Å². The zero-order valence-electron chi connectivity index (χ0n) is 10.5. The Balaban J connectivity index is 1.83. The van der Waals surface area contributed by atoms with E-state index in [-0.39, 0.29) is 11.6 Å². The van der Waals surface area contributed by atoms with Crippen LogP contribution >= 0.6 is 0 Å². The number of rotatable bonds is 3. The Hall–Kier alpha value is -2.56. The maximum Gasteiger partial charge on any atom is 0.338 e. The molecule has 0 saturated heterocycles. The molecule has 0 saturated carbocycles. The predicted molar refractivity (Wildman–Crippen MR) is 71.7 cm³/mol. The van der Waals surface area contributed by atoms with Crippen LogP contribution in [0.1, 0.15) is 22.0 Å². The SMILES string of the molecule is O=C(O)c1ccc(NC2COc3ccccc32)cc1F. The van der Waals surface area contributed by atoms with Gasteiger partial charge in [-0.2, -0.15) is 0 Å². The summed E-state index contributed by atoms with van der Waals surface area (Å²) in [6.07, 6.45) is 0. The molecule has 2 aromatic carbocycles. The van der Waals surface area contributed by atoms with Gasteiger partial charge in [0.2, 0.25) is 0 Å². The lowest BCUT2D eigenvalue weighted by Gasteiger charge is -2.13. The number of para-hydroxylation sites is 1. The van der Waals surface area contributed by atoms with Crippen LogP contribution in [0.3, 0.4) is 0 Å². The molecule has 1 heterocycles. The fourth-order valence-electron chi connectivity index (χ4n) is 2.26. The van der Waals surface area contributed by atoms with Gasteiger partial charge in [0.1, 0.15) is 18.2 Å². The molecule has 2 N–H and O–H groups in total. The molecule has 3 rings (SSSR count). The van der Waals surface area contributed by atoms with Crippen LogP contribution in [0.25, 0.3) is 0 Å². The number of anilines is 1. The first-order valence-corrected chi connectivity index (χ1v) is 6.16. The minimum Gasteiger partial charge on any atom is -0.491 e. The van der Waals surface area contributed by atoms with E-state index >= 15 is 0 Å². The molecule has 1 aliphatic heterocycles. The van der Waals surface area contributed by atoms with Gasteiger partial charge in [0.05, 0.1) is 11.6 Å². The highest BCUT2D eigenvalue weighted by atomic mass is 19.1. The van der Waals surface area contributed by atoms with Gasteiger partial charge in [-0.1, -0.05) is 18.2 Å². The van der Waals surface area contributed by atoms with E-state index in [0.717, 1.165) is 11.3 Å². The maximum absolute atomic E-state index is 13.6. The lowest BCUT2D eigenvalue weighted by Crippen LogP contribution is -2.12. The molecule has 5 heteroatoms. The minimum atomic E-state index is -1.27. The van der Waals surface area contributed by atoms with Gasteiger partial charge in [-0.3, -0.25) is 0 Å². The number of halogens is 1. The summed E-state index contributed by atoms with van der Waals surface area (Å²) in [7, 11) is 0. The zero-order valence-corrected chi connectivity index (χ0v) is 10.5. The predicted octanol–water partition coefficient (Wildman–Crippen LogP) is 3.07. The van der Waals surface area contributed by atoms with Crippen molar-refractivity contribution in [2.75, 3.05) is 11.9 Å². The largest absolute Gasteiger partial charge is 0.491 e. The Kier molecular flexibility index (Phi) is 3.02. The number of carboxylic acids is 1. The average molecular weight is 273 g/mol. The fourth-order valence-corrected chi connectivity index (χ4v) is 2.26. The van der Waals surface area contributed by atoms with Crippen LogP contribution in [-0.4, -0.2) is 17.7 Å². The van der Waals surface area contributed by atoms with E-state index in [0.29, 0.717) is 12.3 Å². The Bertz CT molecular complexity index is 672. The quantitative estimate of drug-likeness (QED) is 0.902. The van der Waals surface area contributed by atoms with Gasteiger partial charge in [-0.05, 0) is 24.3 Å². The number of hydrogen-bond acceptors (Lipinski definition) is 3. The lowest BCUT2D eigenvalue weighted by atomic mass is 10.1. The van der Waals surface area contributed by atoms with Crippen molar-refractivity contribution < 1.29 is 19.0 Å². The number of benzene rings is 2. The smallest absolute Gasteiger partial charge is 0.338 e. The number of carbonyl (C=O) groups is 1. The molecule has 20 heavy (non-hydrogen) atoms. The molecule has 1 atom stereocenters. The average Bonchev–Trinajstić information content (AvgIpc) is 2.82. The topological polar surface area (TPSA) is 58.6 Å². The highest BCUT2D eigenvalue weighted by Gasteiger charge is 2.23. The molecule has 0 spiro atoms. The summed E-state index contributed by atoms with van der Waals surface area (Å²) in [5.41, 5.74) is 1.20. The summed E-state index contributed by atoms with van der Waals surface area (Å²) < 4.78 is 19.1. The number of nitrogens with one attached hydrogen (secondary N) is 1. The first kappa shape index (κ1) is 12.5. The monoisotopic (exact) mass is 273 g/mol. The van der Waals surface area contributed by atoms with E-state index in [2.05, 4.69) is 5.32 Å². The van der Waals surface area contributed by atoms with Crippen molar-refractivity contribution in [1.29, 1.82) is 0 Å². The van der Waals surface area contributed by atoms with Crippen molar-refractivity contribution in [2.45, 2.75) is 6.04 Å².